The van der Waals surface area contributed by atoms with Crippen LogP contribution in [0.2, 0.25) is 0 Å². The fraction of sp³-hybridized carbons (Fsp3) is 0.346. The van der Waals surface area contributed by atoms with Crippen molar-refractivity contribution in [1.29, 1.82) is 0 Å². The Kier molecular flexibility index (Phi) is 12.7. The SMILES string of the molecule is CCOC(=O)C(C)C(=O)CBr.Cc1cc2c(CBr)c(C)c(=O)oc2cc1O.Cc1ccc(O)cc1O. The maximum atomic E-state index is 11.5. The number of hydrogen-bond acceptors (Lipinski definition) is 8. The van der Waals surface area contributed by atoms with Crippen LogP contribution in [0.25, 0.3) is 11.0 Å². The van der Waals surface area contributed by atoms with Gasteiger partial charge >= 0.3 is 11.6 Å². The highest BCUT2D eigenvalue weighted by molar-refractivity contribution is 9.09. The fourth-order valence-electron chi connectivity index (χ4n) is 2.78. The number of ether oxygens (including phenoxy) is 1. The van der Waals surface area contributed by atoms with Crippen molar-refractivity contribution in [2.45, 2.75) is 39.9 Å². The predicted octanol–water partition coefficient (Wildman–Crippen LogP) is 5.57. The van der Waals surface area contributed by atoms with E-state index < -0.39 is 11.9 Å². The molecule has 0 amide bonds. The van der Waals surface area contributed by atoms with Crippen LogP contribution in [0.1, 0.15) is 36.1 Å². The number of benzene rings is 2. The van der Waals surface area contributed by atoms with Gasteiger partial charge in [0.2, 0.25) is 0 Å². The largest absolute Gasteiger partial charge is 0.508 e. The number of Topliss-reactive ketones (excluding diaryl/α,β-unsaturated/α-hetero) is 1. The molecule has 0 aliphatic carbocycles. The van der Waals surface area contributed by atoms with Gasteiger partial charge in [-0.15, -0.1) is 0 Å². The molecule has 3 N–H and O–H groups in total. The summed E-state index contributed by atoms with van der Waals surface area (Å²) in [6.45, 7) is 8.90. The monoisotopic (exact) mass is 628 g/mol. The second-order valence-corrected chi connectivity index (χ2v) is 8.93. The number of carbonyl (C=O) groups excluding carboxylic acids is 2. The van der Waals surface area contributed by atoms with Crippen LogP contribution < -0.4 is 5.63 Å². The lowest BCUT2D eigenvalue weighted by molar-refractivity contribution is -0.150. The minimum absolute atomic E-state index is 0.0955. The van der Waals surface area contributed by atoms with Gasteiger partial charge in [-0.3, -0.25) is 9.59 Å². The number of rotatable bonds is 5. The molecule has 0 radical (unpaired) electrons. The first-order valence-electron chi connectivity index (χ1n) is 10.9. The third kappa shape index (κ3) is 8.67. The summed E-state index contributed by atoms with van der Waals surface area (Å²) in [7, 11) is 0. The number of aryl methyl sites for hydroxylation is 2. The molecular weight excluding hydrogens is 600 g/mol. The molecule has 3 rings (SSSR count). The lowest BCUT2D eigenvalue weighted by Gasteiger charge is -2.07. The molecule has 0 saturated heterocycles. The van der Waals surface area contributed by atoms with Gasteiger partial charge < -0.3 is 24.5 Å². The van der Waals surface area contributed by atoms with Crippen LogP contribution >= 0.6 is 31.9 Å². The number of fused-ring (bicyclic) bond motifs is 1. The Morgan fingerprint density at radius 2 is 1.61 bits per heavy atom. The van der Waals surface area contributed by atoms with Crippen LogP contribution in [0.4, 0.5) is 0 Å². The zero-order valence-corrected chi connectivity index (χ0v) is 23.9. The van der Waals surface area contributed by atoms with Crippen molar-refractivity contribution in [3.63, 3.8) is 0 Å². The zero-order valence-electron chi connectivity index (χ0n) is 20.7. The molecule has 10 heteroatoms. The lowest BCUT2D eigenvalue weighted by Crippen LogP contribution is -2.23. The molecule has 0 aliphatic heterocycles. The van der Waals surface area contributed by atoms with Crippen LogP contribution in [0.3, 0.4) is 0 Å². The Morgan fingerprint density at radius 1 is 1.00 bits per heavy atom. The minimum atomic E-state index is -0.644. The van der Waals surface area contributed by atoms with Crippen molar-refractivity contribution in [3.05, 3.63) is 63.0 Å². The number of carbonyl (C=O) groups is 2. The highest BCUT2D eigenvalue weighted by atomic mass is 79.9. The normalized spacial score (nSPS) is 11.0. The maximum absolute atomic E-state index is 11.5. The predicted molar refractivity (Wildman–Crippen MR) is 145 cm³/mol. The van der Waals surface area contributed by atoms with Crippen molar-refractivity contribution in [3.8, 4) is 17.2 Å². The zero-order chi connectivity index (χ0) is 27.6. The second kappa shape index (κ2) is 14.6. The van der Waals surface area contributed by atoms with Crippen LogP contribution in [0.5, 0.6) is 17.2 Å². The number of phenolic OH excluding ortho intramolecular Hbond substituents is 3. The first-order valence-corrected chi connectivity index (χ1v) is 13.2. The van der Waals surface area contributed by atoms with E-state index in [1.807, 2.05) is 13.0 Å². The van der Waals surface area contributed by atoms with Crippen molar-refractivity contribution < 1.29 is 34.1 Å². The molecule has 36 heavy (non-hydrogen) atoms. The van der Waals surface area contributed by atoms with Crippen LogP contribution in [0.15, 0.2) is 39.5 Å². The van der Waals surface area contributed by atoms with Gasteiger partial charge in [-0.05, 0) is 63.4 Å². The number of ketones is 1. The first-order chi connectivity index (χ1) is 16.9. The average molecular weight is 630 g/mol. The van der Waals surface area contributed by atoms with E-state index in [0.717, 1.165) is 22.1 Å². The topological polar surface area (TPSA) is 134 Å². The van der Waals surface area contributed by atoms with E-state index in [4.69, 9.17) is 14.6 Å². The molecule has 1 unspecified atom stereocenters. The Labute approximate surface area is 226 Å². The summed E-state index contributed by atoms with van der Waals surface area (Å²) in [5, 5.41) is 28.9. The van der Waals surface area contributed by atoms with Crippen molar-refractivity contribution in [1.82, 2.24) is 0 Å². The quantitative estimate of drug-likeness (QED) is 0.144. The highest BCUT2D eigenvalue weighted by Gasteiger charge is 2.20. The standard InChI is InChI=1S/C12H11BrO3.C7H11BrO3.C7H8O2/c1-6-3-8-9(5-13)7(2)12(15)16-11(8)4-10(6)14;1-3-11-7(10)5(2)6(9)4-8;1-5-2-3-6(8)4-7(5)9/h3-4,14H,5H2,1-2H3;5H,3-4H2,1-2H3;2-4,8-9H,1H3. The minimum Gasteiger partial charge on any atom is -0.508 e. The van der Waals surface area contributed by atoms with Gasteiger partial charge in [0.15, 0.2) is 5.78 Å². The fourth-order valence-corrected chi connectivity index (χ4v) is 3.99. The van der Waals surface area contributed by atoms with E-state index in [2.05, 4.69) is 36.6 Å². The van der Waals surface area contributed by atoms with Gasteiger partial charge in [0.25, 0.3) is 0 Å². The third-order valence-electron chi connectivity index (χ3n) is 5.17. The van der Waals surface area contributed by atoms with E-state index in [9.17, 15) is 19.5 Å². The van der Waals surface area contributed by atoms with Crippen LogP contribution in [-0.4, -0.2) is 39.0 Å². The number of aromatic hydroxyl groups is 3. The van der Waals surface area contributed by atoms with Gasteiger partial charge in [0.05, 0.1) is 11.9 Å². The van der Waals surface area contributed by atoms with Crippen LogP contribution in [-0.2, 0) is 19.7 Å². The van der Waals surface area contributed by atoms with E-state index in [1.54, 1.807) is 33.8 Å². The molecule has 0 spiro atoms. The van der Waals surface area contributed by atoms with Gasteiger partial charge in [0.1, 0.15) is 28.7 Å². The average Bonchev–Trinajstić information content (AvgIpc) is 2.84. The maximum Gasteiger partial charge on any atom is 0.339 e. The molecular formula is C26H30Br2O8. The van der Waals surface area contributed by atoms with E-state index >= 15 is 0 Å². The molecule has 1 atom stereocenters. The lowest BCUT2D eigenvalue weighted by atomic mass is 10.0. The molecule has 8 nitrogen and oxygen atoms in total. The van der Waals surface area contributed by atoms with E-state index in [1.165, 1.54) is 18.2 Å². The molecule has 0 aliphatic rings. The third-order valence-corrected chi connectivity index (χ3v) is 6.28. The highest BCUT2D eigenvalue weighted by Crippen LogP contribution is 2.28. The molecule has 3 aromatic rings. The summed E-state index contributed by atoms with van der Waals surface area (Å²) in [6, 6.07) is 7.82. The smallest absolute Gasteiger partial charge is 0.339 e. The van der Waals surface area contributed by atoms with Crippen molar-refractivity contribution >= 4 is 54.6 Å². The summed E-state index contributed by atoms with van der Waals surface area (Å²) in [6.07, 6.45) is 0. The number of hydrogen-bond donors (Lipinski definition) is 3. The molecule has 0 saturated carbocycles. The number of halogens is 2. The Hall–Kier alpha value is -2.85. The molecule has 2 aromatic carbocycles. The molecule has 196 valence electrons. The summed E-state index contributed by atoms with van der Waals surface area (Å²) in [5.74, 6) is -0.872. The molecule has 1 aromatic heterocycles. The van der Waals surface area contributed by atoms with Gasteiger partial charge in [-0.25, -0.2) is 4.79 Å². The summed E-state index contributed by atoms with van der Waals surface area (Å²) in [4.78, 5) is 33.3. The van der Waals surface area contributed by atoms with E-state index in [0.29, 0.717) is 23.1 Å². The van der Waals surface area contributed by atoms with Crippen molar-refractivity contribution in [2.75, 3.05) is 11.9 Å². The number of alkyl halides is 2. The summed E-state index contributed by atoms with van der Waals surface area (Å²) in [5.41, 5.74) is 3.12. The van der Waals surface area contributed by atoms with Gasteiger partial charge in [-0.1, -0.05) is 37.9 Å². The first kappa shape index (κ1) is 31.2. The summed E-state index contributed by atoms with van der Waals surface area (Å²) < 4.78 is 9.78. The van der Waals surface area contributed by atoms with Crippen LogP contribution in [0, 0.1) is 26.7 Å². The van der Waals surface area contributed by atoms with Gasteiger partial charge in [-0.2, -0.15) is 0 Å². The van der Waals surface area contributed by atoms with E-state index in [-0.39, 0.29) is 34.0 Å². The number of phenols is 3. The Balaban J connectivity index is 0.000000285. The second-order valence-electron chi connectivity index (χ2n) is 7.81. The Morgan fingerprint density at radius 3 is 2.11 bits per heavy atom. The molecule has 1 heterocycles. The summed E-state index contributed by atoms with van der Waals surface area (Å²) >= 11 is 6.34. The number of esters is 1. The molecule has 0 fully saturated rings. The van der Waals surface area contributed by atoms with Crippen molar-refractivity contribution in [2.24, 2.45) is 5.92 Å². The molecule has 0 bridgehead atoms. The Bertz CT molecular complexity index is 1270. The van der Waals surface area contributed by atoms with Gasteiger partial charge in [0, 0.05) is 28.4 Å².